The second-order valence-corrected chi connectivity index (χ2v) is 4.23. The summed E-state index contributed by atoms with van der Waals surface area (Å²) in [5.41, 5.74) is 2.53. The number of halogens is 3. The van der Waals surface area contributed by atoms with Crippen molar-refractivity contribution < 1.29 is 18.3 Å². The van der Waals surface area contributed by atoms with Crippen LogP contribution in [0.15, 0.2) is 30.5 Å². The Kier molecular flexibility index (Phi) is 2.87. The molecule has 0 amide bonds. The summed E-state index contributed by atoms with van der Waals surface area (Å²) in [6.45, 7) is -0.912. The lowest BCUT2D eigenvalue weighted by molar-refractivity contribution is -0.261. The van der Waals surface area contributed by atoms with Crippen LogP contribution in [0.25, 0.3) is 10.9 Å². The average molecular weight is 258 g/mol. The second-order valence-electron chi connectivity index (χ2n) is 4.23. The van der Waals surface area contributed by atoms with Gasteiger partial charge in [0.15, 0.2) is 5.60 Å². The van der Waals surface area contributed by atoms with Gasteiger partial charge in [0.2, 0.25) is 0 Å². The molecule has 1 heterocycles. The lowest BCUT2D eigenvalue weighted by Crippen LogP contribution is -2.48. The van der Waals surface area contributed by atoms with Crippen LogP contribution in [0.3, 0.4) is 0 Å². The molecule has 1 atom stereocenters. The molecular formula is C12H13F3N2O. The molecule has 0 bridgehead atoms. The van der Waals surface area contributed by atoms with E-state index in [1.807, 2.05) is 0 Å². The molecule has 3 N–H and O–H groups in total. The fourth-order valence-corrected chi connectivity index (χ4v) is 2.05. The molecule has 1 aromatic heterocycles. The fourth-order valence-electron chi connectivity index (χ4n) is 2.05. The lowest BCUT2D eigenvalue weighted by Gasteiger charge is -2.28. The second kappa shape index (κ2) is 4.00. The van der Waals surface area contributed by atoms with Gasteiger partial charge in [0.05, 0.1) is 0 Å². The molecule has 1 aromatic carbocycles. The van der Waals surface area contributed by atoms with Crippen molar-refractivity contribution in [3.05, 3.63) is 36.0 Å². The van der Waals surface area contributed by atoms with Crippen LogP contribution in [0.5, 0.6) is 0 Å². The molecule has 0 spiro atoms. The normalized spacial score (nSPS) is 15.9. The number of aryl methyl sites for hydroxylation is 1. The molecule has 2 aromatic rings. The van der Waals surface area contributed by atoms with Gasteiger partial charge in [0.25, 0.3) is 0 Å². The molecular weight excluding hydrogens is 245 g/mol. The number of aromatic nitrogens is 1. The number of benzene rings is 1. The molecule has 18 heavy (non-hydrogen) atoms. The first-order valence-corrected chi connectivity index (χ1v) is 5.35. The van der Waals surface area contributed by atoms with Crippen molar-refractivity contribution in [2.45, 2.75) is 11.8 Å². The van der Waals surface area contributed by atoms with E-state index in [2.05, 4.69) is 0 Å². The van der Waals surface area contributed by atoms with Crippen LogP contribution in [0.2, 0.25) is 0 Å². The highest BCUT2D eigenvalue weighted by atomic mass is 19.4. The maximum Gasteiger partial charge on any atom is 0.422 e. The van der Waals surface area contributed by atoms with E-state index in [1.165, 1.54) is 16.8 Å². The number of nitrogens with zero attached hydrogens (tertiary/aromatic N) is 1. The quantitative estimate of drug-likeness (QED) is 0.864. The molecule has 3 nitrogen and oxygen atoms in total. The standard InChI is InChI=1S/C12H13F3N2O/c1-17-6-9(8-4-2-3-5-10(8)17)11(18,7-16)12(13,14)15/h2-6,18H,7,16H2,1H3. The third-order valence-electron chi connectivity index (χ3n) is 3.11. The first-order chi connectivity index (χ1) is 8.31. The Balaban J connectivity index is 2.74. The first kappa shape index (κ1) is 12.9. The summed E-state index contributed by atoms with van der Waals surface area (Å²) in [4.78, 5) is 0. The van der Waals surface area contributed by atoms with Crippen molar-refractivity contribution in [3.63, 3.8) is 0 Å². The number of para-hydroxylation sites is 1. The summed E-state index contributed by atoms with van der Waals surface area (Å²) >= 11 is 0. The predicted octanol–water partition coefficient (Wildman–Crippen LogP) is 1.89. The van der Waals surface area contributed by atoms with Crippen LogP contribution in [-0.2, 0) is 12.6 Å². The predicted molar refractivity (Wildman–Crippen MR) is 61.9 cm³/mol. The number of hydrogen-bond donors (Lipinski definition) is 2. The molecule has 2 rings (SSSR count). The summed E-state index contributed by atoms with van der Waals surface area (Å²) in [7, 11) is 1.62. The minimum absolute atomic E-state index is 0.212. The average Bonchev–Trinajstić information content (AvgIpc) is 2.65. The Morgan fingerprint density at radius 3 is 2.44 bits per heavy atom. The Morgan fingerprint density at radius 1 is 1.28 bits per heavy atom. The fraction of sp³-hybridized carbons (Fsp3) is 0.333. The van der Waals surface area contributed by atoms with E-state index in [1.54, 1.807) is 25.2 Å². The van der Waals surface area contributed by atoms with E-state index in [0.717, 1.165) is 0 Å². The number of rotatable bonds is 2. The number of nitrogens with two attached hydrogens (primary N) is 1. The molecule has 0 fully saturated rings. The largest absolute Gasteiger partial charge is 0.422 e. The van der Waals surface area contributed by atoms with E-state index >= 15 is 0 Å². The summed E-state index contributed by atoms with van der Waals surface area (Å²) < 4.78 is 40.5. The van der Waals surface area contributed by atoms with Gasteiger partial charge in [0, 0.05) is 36.3 Å². The number of fused-ring (bicyclic) bond motifs is 1. The van der Waals surface area contributed by atoms with Crippen molar-refractivity contribution in [1.82, 2.24) is 4.57 Å². The zero-order chi connectivity index (χ0) is 13.6. The van der Waals surface area contributed by atoms with Gasteiger partial charge in [-0.25, -0.2) is 0 Å². The van der Waals surface area contributed by atoms with Gasteiger partial charge >= 0.3 is 6.18 Å². The molecule has 0 aliphatic heterocycles. The van der Waals surface area contributed by atoms with Gasteiger partial charge < -0.3 is 15.4 Å². The zero-order valence-corrected chi connectivity index (χ0v) is 9.70. The van der Waals surface area contributed by atoms with Gasteiger partial charge in [0.1, 0.15) is 0 Å². The van der Waals surface area contributed by atoms with Gasteiger partial charge in [-0.1, -0.05) is 18.2 Å². The Labute approximate surface area is 102 Å². The van der Waals surface area contributed by atoms with E-state index in [9.17, 15) is 18.3 Å². The Bertz CT molecular complexity index is 576. The molecule has 0 radical (unpaired) electrons. The van der Waals surface area contributed by atoms with Crippen LogP contribution in [-0.4, -0.2) is 22.4 Å². The highest BCUT2D eigenvalue weighted by Gasteiger charge is 2.55. The molecule has 0 aliphatic carbocycles. The maximum atomic E-state index is 13.0. The molecule has 0 saturated heterocycles. The third-order valence-corrected chi connectivity index (χ3v) is 3.11. The highest BCUT2D eigenvalue weighted by molar-refractivity contribution is 5.85. The van der Waals surface area contributed by atoms with Gasteiger partial charge in [-0.2, -0.15) is 13.2 Å². The van der Waals surface area contributed by atoms with Crippen LogP contribution in [0.1, 0.15) is 5.56 Å². The summed E-state index contributed by atoms with van der Waals surface area (Å²) in [6, 6.07) is 6.57. The van der Waals surface area contributed by atoms with Gasteiger partial charge in [-0.15, -0.1) is 0 Å². The molecule has 1 unspecified atom stereocenters. The number of hydrogen-bond acceptors (Lipinski definition) is 2. The van der Waals surface area contributed by atoms with Crippen molar-refractivity contribution in [2.24, 2.45) is 12.8 Å². The van der Waals surface area contributed by atoms with Crippen molar-refractivity contribution in [3.8, 4) is 0 Å². The van der Waals surface area contributed by atoms with E-state index in [0.29, 0.717) is 10.9 Å². The van der Waals surface area contributed by atoms with Gasteiger partial charge in [-0.05, 0) is 6.07 Å². The summed E-state index contributed by atoms with van der Waals surface area (Å²) in [6.07, 6.45) is -3.54. The van der Waals surface area contributed by atoms with Crippen molar-refractivity contribution in [2.75, 3.05) is 6.54 Å². The molecule has 6 heteroatoms. The molecule has 0 aliphatic rings. The highest BCUT2D eigenvalue weighted by Crippen LogP contribution is 2.41. The maximum absolute atomic E-state index is 13.0. The lowest BCUT2D eigenvalue weighted by atomic mass is 9.93. The van der Waals surface area contributed by atoms with Crippen LogP contribution in [0.4, 0.5) is 13.2 Å². The number of alkyl halides is 3. The van der Waals surface area contributed by atoms with Gasteiger partial charge in [-0.3, -0.25) is 0 Å². The number of aliphatic hydroxyl groups is 1. The SMILES string of the molecule is Cn1cc(C(O)(CN)C(F)(F)F)c2ccccc21. The first-order valence-electron chi connectivity index (χ1n) is 5.35. The zero-order valence-electron chi connectivity index (χ0n) is 9.70. The van der Waals surface area contributed by atoms with Crippen molar-refractivity contribution >= 4 is 10.9 Å². The van der Waals surface area contributed by atoms with E-state index in [4.69, 9.17) is 5.73 Å². The minimum Gasteiger partial charge on any atom is -0.375 e. The Hall–Kier alpha value is -1.53. The smallest absolute Gasteiger partial charge is 0.375 e. The van der Waals surface area contributed by atoms with Crippen LogP contribution < -0.4 is 5.73 Å². The molecule has 98 valence electrons. The van der Waals surface area contributed by atoms with Crippen LogP contribution >= 0.6 is 0 Å². The molecule has 0 saturated carbocycles. The Morgan fingerprint density at radius 2 is 1.89 bits per heavy atom. The summed E-state index contributed by atoms with van der Waals surface area (Å²) in [5.74, 6) is 0. The topological polar surface area (TPSA) is 51.2 Å². The van der Waals surface area contributed by atoms with Crippen molar-refractivity contribution in [1.29, 1.82) is 0 Å². The summed E-state index contributed by atoms with van der Waals surface area (Å²) in [5, 5.41) is 10.2. The minimum atomic E-state index is -4.81. The van der Waals surface area contributed by atoms with E-state index in [-0.39, 0.29) is 5.56 Å². The van der Waals surface area contributed by atoms with Crippen LogP contribution in [0, 0.1) is 0 Å². The third kappa shape index (κ3) is 1.69. The van der Waals surface area contributed by atoms with E-state index < -0.39 is 18.3 Å². The monoisotopic (exact) mass is 258 g/mol.